The van der Waals surface area contributed by atoms with Crippen LogP contribution in [0.2, 0.25) is 0 Å². The predicted octanol–water partition coefficient (Wildman–Crippen LogP) is 0.766. The molecule has 0 bridgehead atoms. The summed E-state index contributed by atoms with van der Waals surface area (Å²) in [6, 6.07) is 6.17. The summed E-state index contributed by atoms with van der Waals surface area (Å²) >= 11 is 0. The van der Waals surface area contributed by atoms with Crippen molar-refractivity contribution in [2.24, 2.45) is 0 Å². The molecule has 32 heavy (non-hydrogen) atoms. The summed E-state index contributed by atoms with van der Waals surface area (Å²) in [7, 11) is 0. The van der Waals surface area contributed by atoms with Crippen molar-refractivity contribution in [3.8, 4) is 0 Å². The molecule has 2 aliphatic heterocycles. The Bertz CT molecular complexity index is 1330. The summed E-state index contributed by atoms with van der Waals surface area (Å²) in [5.41, 5.74) is 2.64. The summed E-state index contributed by atoms with van der Waals surface area (Å²) in [5.74, 6) is 1.27. The molecule has 1 N–H and O–H groups in total. The van der Waals surface area contributed by atoms with Crippen LogP contribution in [0, 0.1) is 0 Å². The number of aromatic nitrogens is 4. The van der Waals surface area contributed by atoms with Crippen molar-refractivity contribution < 1.29 is 14.4 Å². The van der Waals surface area contributed by atoms with Gasteiger partial charge in [0.15, 0.2) is 23.1 Å². The number of fused-ring (bicyclic) bond motifs is 2. The highest BCUT2D eigenvalue weighted by Gasteiger charge is 2.55. The van der Waals surface area contributed by atoms with Crippen LogP contribution < -0.4 is 10.2 Å². The minimum absolute atomic E-state index is 0.0515. The molecule has 2 saturated heterocycles. The molecule has 0 radical (unpaired) electrons. The van der Waals surface area contributed by atoms with E-state index in [4.69, 9.17) is 4.98 Å². The molecule has 3 aromatic rings. The highest BCUT2D eigenvalue weighted by Crippen LogP contribution is 2.36. The first kappa shape index (κ1) is 19.1. The zero-order chi connectivity index (χ0) is 22.3. The van der Waals surface area contributed by atoms with Crippen LogP contribution in [0.15, 0.2) is 30.6 Å². The van der Waals surface area contributed by atoms with Crippen LogP contribution >= 0.6 is 0 Å². The topological polar surface area (TPSA) is 110 Å². The molecule has 9 nitrogen and oxygen atoms in total. The van der Waals surface area contributed by atoms with Crippen LogP contribution in [0.3, 0.4) is 0 Å². The fraction of sp³-hybridized carbons (Fsp3) is 0.391. The van der Waals surface area contributed by atoms with E-state index >= 15 is 0 Å². The zero-order valence-corrected chi connectivity index (χ0v) is 17.9. The van der Waals surface area contributed by atoms with Gasteiger partial charge in [0.2, 0.25) is 5.91 Å². The third-order valence-electron chi connectivity index (χ3n) is 6.99. The maximum Gasteiger partial charge on any atom is 0.228 e. The lowest BCUT2D eigenvalue weighted by Gasteiger charge is -2.46. The van der Waals surface area contributed by atoms with Gasteiger partial charge in [-0.15, -0.1) is 0 Å². The molecular formula is C23H22N6O3. The molecule has 0 saturated carbocycles. The lowest BCUT2D eigenvalue weighted by molar-refractivity contribution is -0.124. The summed E-state index contributed by atoms with van der Waals surface area (Å²) in [5, 5.41) is 7.40. The number of nitrogens with zero attached hydrogens (tertiary/aromatic N) is 5. The lowest BCUT2D eigenvalue weighted by atomic mass is 9.85. The number of Topliss-reactive ketones (excluding diaryl/α,β-unsaturated/α-hetero) is 2. The van der Waals surface area contributed by atoms with Crippen molar-refractivity contribution in [2.45, 2.75) is 44.1 Å². The van der Waals surface area contributed by atoms with Crippen molar-refractivity contribution in [2.75, 3.05) is 18.0 Å². The number of benzene rings is 1. The third-order valence-corrected chi connectivity index (χ3v) is 6.99. The number of nitrogens with one attached hydrogen (secondary N) is 1. The Labute approximate surface area is 183 Å². The van der Waals surface area contributed by atoms with E-state index in [9.17, 15) is 14.4 Å². The van der Waals surface area contributed by atoms with E-state index in [0.29, 0.717) is 43.2 Å². The van der Waals surface area contributed by atoms with E-state index in [0.717, 1.165) is 16.7 Å². The normalized spacial score (nSPS) is 20.7. The quantitative estimate of drug-likeness (QED) is 0.611. The van der Waals surface area contributed by atoms with Crippen LogP contribution in [0.4, 0.5) is 5.82 Å². The highest BCUT2D eigenvalue weighted by molar-refractivity contribution is 6.12. The highest BCUT2D eigenvalue weighted by atomic mass is 16.2. The number of carbonyl (C=O) groups excluding carboxylic acids is 3. The Morgan fingerprint density at radius 3 is 2.66 bits per heavy atom. The standard InChI is InChI=1S/C23H22N6O3/c1-22(2)15-4-3-13(7-14(15)9-16(22)30)8-18-25-21-20(24-5-6-29(21)27-18)28-11-23(12-28)17(31)10-19(32)26-23/h3-7H,8-12H2,1-2H3,(H,26,32). The summed E-state index contributed by atoms with van der Waals surface area (Å²) in [6.07, 6.45) is 4.36. The molecule has 1 aliphatic carbocycles. The Kier molecular flexibility index (Phi) is 3.71. The average molecular weight is 430 g/mol. The summed E-state index contributed by atoms with van der Waals surface area (Å²) in [4.78, 5) is 47.2. The molecule has 1 aromatic carbocycles. The molecule has 0 atom stereocenters. The molecule has 6 rings (SSSR count). The fourth-order valence-corrected chi connectivity index (χ4v) is 5.09. The predicted molar refractivity (Wildman–Crippen MR) is 114 cm³/mol. The van der Waals surface area contributed by atoms with Gasteiger partial charge in [-0.2, -0.15) is 5.10 Å². The van der Waals surface area contributed by atoms with Gasteiger partial charge in [0, 0.05) is 30.7 Å². The number of carbonyl (C=O) groups is 3. The van der Waals surface area contributed by atoms with E-state index in [-0.39, 0.29) is 23.9 Å². The van der Waals surface area contributed by atoms with Gasteiger partial charge in [-0.1, -0.05) is 18.2 Å². The van der Waals surface area contributed by atoms with Crippen LogP contribution in [0.25, 0.3) is 5.65 Å². The van der Waals surface area contributed by atoms with Crippen LogP contribution in [-0.2, 0) is 32.6 Å². The van der Waals surface area contributed by atoms with Gasteiger partial charge in [0.05, 0.1) is 19.5 Å². The van der Waals surface area contributed by atoms with Gasteiger partial charge in [0.1, 0.15) is 11.3 Å². The summed E-state index contributed by atoms with van der Waals surface area (Å²) in [6.45, 7) is 4.73. The Morgan fingerprint density at radius 2 is 1.91 bits per heavy atom. The van der Waals surface area contributed by atoms with Gasteiger partial charge in [0.25, 0.3) is 0 Å². The van der Waals surface area contributed by atoms with Crippen molar-refractivity contribution in [1.82, 2.24) is 24.9 Å². The maximum absolute atomic E-state index is 12.3. The van der Waals surface area contributed by atoms with Crippen LogP contribution in [-0.4, -0.2) is 55.7 Å². The van der Waals surface area contributed by atoms with Crippen molar-refractivity contribution >= 4 is 28.9 Å². The second-order valence-corrected chi connectivity index (χ2v) is 9.53. The first-order valence-corrected chi connectivity index (χ1v) is 10.7. The first-order valence-electron chi connectivity index (χ1n) is 10.7. The van der Waals surface area contributed by atoms with Crippen molar-refractivity contribution in [3.63, 3.8) is 0 Å². The van der Waals surface area contributed by atoms with Gasteiger partial charge < -0.3 is 10.2 Å². The van der Waals surface area contributed by atoms with Crippen molar-refractivity contribution in [1.29, 1.82) is 0 Å². The van der Waals surface area contributed by atoms with Gasteiger partial charge in [-0.25, -0.2) is 14.5 Å². The lowest BCUT2D eigenvalue weighted by Crippen LogP contribution is -2.71. The molecule has 162 valence electrons. The molecule has 3 aliphatic rings. The monoisotopic (exact) mass is 430 g/mol. The van der Waals surface area contributed by atoms with Crippen LogP contribution in [0.1, 0.15) is 42.8 Å². The van der Waals surface area contributed by atoms with E-state index in [1.807, 2.05) is 30.9 Å². The average Bonchev–Trinajstić information content (AvgIpc) is 3.32. The Balaban J connectivity index is 1.26. The van der Waals surface area contributed by atoms with Gasteiger partial charge in [-0.3, -0.25) is 14.4 Å². The first-order chi connectivity index (χ1) is 15.2. The van der Waals surface area contributed by atoms with E-state index < -0.39 is 11.0 Å². The molecule has 2 aromatic heterocycles. The van der Waals surface area contributed by atoms with E-state index in [1.165, 1.54) is 0 Å². The molecule has 2 fully saturated rings. The maximum atomic E-state index is 12.3. The van der Waals surface area contributed by atoms with E-state index in [2.05, 4.69) is 21.5 Å². The minimum atomic E-state index is -0.788. The number of ketones is 2. The third kappa shape index (κ3) is 2.63. The van der Waals surface area contributed by atoms with Crippen molar-refractivity contribution in [3.05, 3.63) is 53.1 Å². The number of hydrogen-bond acceptors (Lipinski definition) is 7. The smallest absolute Gasteiger partial charge is 0.228 e. The Hall–Kier alpha value is -3.62. The van der Waals surface area contributed by atoms with Crippen LogP contribution in [0.5, 0.6) is 0 Å². The molecule has 9 heteroatoms. The number of amides is 1. The molecule has 4 heterocycles. The molecule has 0 unspecified atom stereocenters. The second-order valence-electron chi connectivity index (χ2n) is 9.53. The summed E-state index contributed by atoms with van der Waals surface area (Å²) < 4.78 is 1.69. The van der Waals surface area contributed by atoms with Gasteiger partial charge in [-0.05, 0) is 30.5 Å². The molecule has 1 amide bonds. The molecule has 1 spiro atoms. The zero-order valence-electron chi connectivity index (χ0n) is 17.9. The Morgan fingerprint density at radius 1 is 1.09 bits per heavy atom. The minimum Gasteiger partial charge on any atom is -0.348 e. The SMILES string of the molecule is CC1(C)C(=O)Cc2cc(Cc3nc4c(N5CC6(C5)NC(=O)CC6=O)nccn4n3)ccc21. The number of hydrogen-bond donors (Lipinski definition) is 1. The largest absolute Gasteiger partial charge is 0.348 e. The van der Waals surface area contributed by atoms with E-state index in [1.54, 1.807) is 16.9 Å². The number of anilines is 1. The van der Waals surface area contributed by atoms with Gasteiger partial charge >= 0.3 is 0 Å². The molecular weight excluding hydrogens is 408 g/mol. The fourth-order valence-electron chi connectivity index (χ4n) is 5.09. The second kappa shape index (κ2) is 6.21. The number of rotatable bonds is 3.